The molecule has 9 heteroatoms. The maximum Gasteiger partial charge on any atom is 0.237 e. The number of carbonyl (C=O) groups is 1. The largest absolute Gasteiger partial charge is 0.497 e. The lowest BCUT2D eigenvalue weighted by molar-refractivity contribution is -0.115. The number of H-pyrrole nitrogens is 1. The van der Waals surface area contributed by atoms with Gasteiger partial charge in [-0.3, -0.25) is 9.89 Å². The fraction of sp³-hybridized carbons (Fsp3) is 0.211. The van der Waals surface area contributed by atoms with E-state index < -0.39 is 0 Å². The van der Waals surface area contributed by atoms with Crippen LogP contribution in [0.2, 0.25) is 0 Å². The predicted octanol–water partition coefficient (Wildman–Crippen LogP) is 3.33. The molecule has 1 aliphatic heterocycles. The molecule has 2 aromatic carbocycles. The Hall–Kier alpha value is -3.20. The van der Waals surface area contributed by atoms with Crippen molar-refractivity contribution in [2.24, 2.45) is 0 Å². The van der Waals surface area contributed by atoms with Gasteiger partial charge in [-0.2, -0.15) is 0 Å². The van der Waals surface area contributed by atoms with Crippen LogP contribution in [0.5, 0.6) is 17.2 Å². The third kappa shape index (κ3) is 3.89. The van der Waals surface area contributed by atoms with Gasteiger partial charge in [-0.15, -0.1) is 5.10 Å². The number of hydrogen-bond donors (Lipinski definition) is 2. The van der Waals surface area contributed by atoms with E-state index in [1.807, 2.05) is 24.3 Å². The van der Waals surface area contributed by atoms with Gasteiger partial charge < -0.3 is 19.5 Å². The van der Waals surface area contributed by atoms with Crippen LogP contribution in [0.25, 0.3) is 11.4 Å². The molecule has 2 N–H and O–H groups in total. The quantitative estimate of drug-likeness (QED) is 0.615. The van der Waals surface area contributed by atoms with Gasteiger partial charge in [0.1, 0.15) is 5.75 Å². The maximum atomic E-state index is 12.5. The van der Waals surface area contributed by atoms with Crippen molar-refractivity contribution < 1.29 is 19.0 Å². The highest BCUT2D eigenvalue weighted by Gasteiger charge is 2.19. The first-order chi connectivity index (χ1) is 13.6. The van der Waals surface area contributed by atoms with E-state index in [0.717, 1.165) is 11.3 Å². The van der Waals surface area contributed by atoms with Crippen molar-refractivity contribution in [1.29, 1.82) is 0 Å². The van der Waals surface area contributed by atoms with E-state index in [-0.39, 0.29) is 18.0 Å². The first-order valence-electron chi connectivity index (χ1n) is 8.56. The number of fused-ring (bicyclic) bond motifs is 1. The third-order valence-electron chi connectivity index (χ3n) is 4.12. The molecule has 1 atom stereocenters. The van der Waals surface area contributed by atoms with Gasteiger partial charge in [-0.05, 0) is 43.3 Å². The van der Waals surface area contributed by atoms with Crippen molar-refractivity contribution >= 4 is 23.4 Å². The minimum absolute atomic E-state index is 0.153. The van der Waals surface area contributed by atoms with E-state index in [4.69, 9.17) is 14.2 Å². The van der Waals surface area contributed by atoms with Crippen molar-refractivity contribution in [2.45, 2.75) is 17.3 Å². The Bertz CT molecular complexity index is 990. The molecule has 0 saturated carbocycles. The molecule has 28 heavy (non-hydrogen) atoms. The number of nitrogens with one attached hydrogen (secondary N) is 2. The molecule has 2 heterocycles. The van der Waals surface area contributed by atoms with Gasteiger partial charge in [-0.1, -0.05) is 11.8 Å². The zero-order valence-corrected chi connectivity index (χ0v) is 16.1. The highest BCUT2D eigenvalue weighted by molar-refractivity contribution is 8.00. The van der Waals surface area contributed by atoms with Gasteiger partial charge in [-0.25, -0.2) is 4.98 Å². The lowest BCUT2D eigenvalue weighted by Gasteiger charge is -2.10. The Labute approximate surface area is 165 Å². The first kappa shape index (κ1) is 18.2. The average molecular weight is 398 g/mol. The van der Waals surface area contributed by atoms with Crippen LogP contribution >= 0.6 is 11.8 Å². The Kier molecular flexibility index (Phi) is 5.07. The normalized spacial score (nSPS) is 13.2. The van der Waals surface area contributed by atoms with E-state index in [2.05, 4.69) is 20.5 Å². The maximum absolute atomic E-state index is 12.5. The number of aromatic nitrogens is 3. The first-order valence-corrected chi connectivity index (χ1v) is 9.44. The summed E-state index contributed by atoms with van der Waals surface area (Å²) in [6.45, 7) is 2.00. The van der Waals surface area contributed by atoms with Crippen molar-refractivity contribution in [3.05, 3.63) is 42.5 Å². The van der Waals surface area contributed by atoms with Gasteiger partial charge >= 0.3 is 0 Å². The number of nitrogens with zero attached hydrogens (tertiary/aromatic N) is 2. The van der Waals surface area contributed by atoms with Crippen molar-refractivity contribution in [1.82, 2.24) is 15.2 Å². The monoisotopic (exact) mass is 398 g/mol. The van der Waals surface area contributed by atoms with Gasteiger partial charge in [0.25, 0.3) is 0 Å². The summed E-state index contributed by atoms with van der Waals surface area (Å²) in [5, 5.41) is 10.1. The van der Waals surface area contributed by atoms with Crippen LogP contribution in [0.1, 0.15) is 6.92 Å². The molecular formula is C19H18N4O4S. The highest BCUT2D eigenvalue weighted by atomic mass is 32.2. The smallest absolute Gasteiger partial charge is 0.237 e. The summed E-state index contributed by atoms with van der Waals surface area (Å²) in [5.41, 5.74) is 1.54. The number of anilines is 1. The molecule has 4 rings (SSSR count). The summed E-state index contributed by atoms with van der Waals surface area (Å²) >= 11 is 1.27. The SMILES string of the molecule is COc1ccc(-c2nc(S[C@H](C)C(=O)Nc3ccc4c(c3)OCO4)n[nH]2)cc1. The number of methoxy groups -OCH3 is 1. The number of aromatic amines is 1. The third-order valence-corrected chi connectivity index (χ3v) is 5.08. The number of ether oxygens (including phenoxy) is 3. The van der Waals surface area contributed by atoms with Crippen LogP contribution in [0, 0.1) is 0 Å². The topological polar surface area (TPSA) is 98.4 Å². The van der Waals surface area contributed by atoms with Crippen LogP contribution in [0.3, 0.4) is 0 Å². The molecule has 0 spiro atoms. The second kappa shape index (κ2) is 7.81. The van der Waals surface area contributed by atoms with E-state index in [9.17, 15) is 4.79 Å². The fourth-order valence-corrected chi connectivity index (χ4v) is 3.33. The molecule has 0 bridgehead atoms. The summed E-state index contributed by atoms with van der Waals surface area (Å²) in [6, 6.07) is 12.8. The Balaban J connectivity index is 1.38. The summed E-state index contributed by atoms with van der Waals surface area (Å²) < 4.78 is 15.7. The molecule has 1 amide bonds. The van der Waals surface area contributed by atoms with Gasteiger partial charge in [0.05, 0.1) is 12.4 Å². The molecule has 0 saturated heterocycles. The molecule has 0 unspecified atom stereocenters. The summed E-state index contributed by atoms with van der Waals surface area (Å²) in [6.07, 6.45) is 0. The molecule has 0 fully saturated rings. The van der Waals surface area contributed by atoms with Crippen molar-refractivity contribution in [2.75, 3.05) is 19.2 Å². The molecule has 0 aliphatic carbocycles. The van der Waals surface area contributed by atoms with Crippen LogP contribution in [-0.4, -0.2) is 40.2 Å². The van der Waals surface area contributed by atoms with Crippen LogP contribution in [-0.2, 0) is 4.79 Å². The zero-order valence-electron chi connectivity index (χ0n) is 15.3. The lowest BCUT2D eigenvalue weighted by Crippen LogP contribution is -2.22. The molecule has 1 aliphatic rings. The summed E-state index contributed by atoms with van der Waals surface area (Å²) in [4.78, 5) is 16.9. The lowest BCUT2D eigenvalue weighted by atomic mass is 10.2. The number of thioether (sulfide) groups is 1. The van der Waals surface area contributed by atoms with E-state index >= 15 is 0 Å². The molecular weight excluding hydrogens is 380 g/mol. The minimum atomic E-state index is -0.384. The van der Waals surface area contributed by atoms with Crippen molar-refractivity contribution in [3.8, 4) is 28.6 Å². The Morgan fingerprint density at radius 1 is 1.21 bits per heavy atom. The number of carbonyl (C=O) groups excluding carboxylic acids is 1. The highest BCUT2D eigenvalue weighted by Crippen LogP contribution is 2.34. The van der Waals surface area contributed by atoms with E-state index in [1.54, 1.807) is 32.2 Å². The number of rotatable bonds is 6. The number of benzene rings is 2. The van der Waals surface area contributed by atoms with Gasteiger partial charge in [0.2, 0.25) is 17.9 Å². The minimum Gasteiger partial charge on any atom is -0.497 e. The standard InChI is InChI=1S/C19H18N4O4S/c1-11(18(24)20-13-5-8-15-16(9-13)27-10-26-15)28-19-21-17(22-23-19)12-3-6-14(25-2)7-4-12/h3-9,11H,10H2,1-2H3,(H,20,24)(H,21,22,23)/t11-/m1/s1. The number of hydrogen-bond acceptors (Lipinski definition) is 7. The van der Waals surface area contributed by atoms with Crippen LogP contribution in [0.4, 0.5) is 5.69 Å². The van der Waals surface area contributed by atoms with Crippen LogP contribution < -0.4 is 19.5 Å². The van der Waals surface area contributed by atoms with Gasteiger partial charge in [0, 0.05) is 17.3 Å². The second-order valence-electron chi connectivity index (χ2n) is 6.01. The number of amides is 1. The van der Waals surface area contributed by atoms with Crippen molar-refractivity contribution in [3.63, 3.8) is 0 Å². The molecule has 144 valence electrons. The summed E-state index contributed by atoms with van der Waals surface area (Å²) in [5.74, 6) is 2.54. The van der Waals surface area contributed by atoms with E-state index in [1.165, 1.54) is 11.8 Å². The Morgan fingerprint density at radius 2 is 2.00 bits per heavy atom. The second-order valence-corrected chi connectivity index (χ2v) is 7.32. The summed E-state index contributed by atoms with van der Waals surface area (Å²) in [7, 11) is 1.62. The average Bonchev–Trinajstić information content (AvgIpc) is 3.37. The zero-order chi connectivity index (χ0) is 19.5. The predicted molar refractivity (Wildman–Crippen MR) is 105 cm³/mol. The molecule has 3 aromatic rings. The van der Waals surface area contributed by atoms with E-state index in [0.29, 0.717) is 28.2 Å². The molecule has 1 aromatic heterocycles. The van der Waals surface area contributed by atoms with Gasteiger partial charge in [0.15, 0.2) is 17.3 Å². The van der Waals surface area contributed by atoms with Crippen LogP contribution in [0.15, 0.2) is 47.6 Å². The molecule has 8 nitrogen and oxygen atoms in total. The molecule has 0 radical (unpaired) electrons. The Morgan fingerprint density at radius 3 is 2.79 bits per heavy atom. The fourth-order valence-electron chi connectivity index (χ4n) is 2.61.